The highest BCUT2D eigenvalue weighted by atomic mass is 16.2. The first kappa shape index (κ1) is 21.5. The molecule has 1 aromatic carbocycles. The maximum Gasteiger partial charge on any atom is 0.257 e. The topological polar surface area (TPSA) is 75.1 Å². The Kier molecular flexibility index (Phi) is 5.79. The number of aryl methyl sites for hydroxylation is 3. The van der Waals surface area contributed by atoms with Crippen molar-refractivity contribution in [1.29, 1.82) is 0 Å². The predicted molar refractivity (Wildman–Crippen MR) is 127 cm³/mol. The molecule has 0 radical (unpaired) electrons. The summed E-state index contributed by atoms with van der Waals surface area (Å²) in [6.45, 7) is 8.98. The van der Waals surface area contributed by atoms with Crippen molar-refractivity contribution >= 4 is 11.7 Å². The quantitative estimate of drug-likeness (QED) is 0.612. The Hall–Kier alpha value is -3.35. The molecule has 2 aliphatic heterocycles. The summed E-state index contributed by atoms with van der Waals surface area (Å²) in [6, 6.07) is 10.6. The molecule has 0 aliphatic carbocycles. The van der Waals surface area contributed by atoms with Crippen LogP contribution in [0.15, 0.2) is 36.5 Å². The minimum absolute atomic E-state index is 0.00427. The fourth-order valence-corrected chi connectivity index (χ4v) is 4.97. The Morgan fingerprint density at radius 3 is 2.64 bits per heavy atom. The molecular weight excluding hydrogens is 412 g/mol. The second-order valence-corrected chi connectivity index (χ2v) is 9.13. The average molecular weight is 443 g/mol. The van der Waals surface area contributed by atoms with Crippen molar-refractivity contribution in [3.63, 3.8) is 0 Å². The average Bonchev–Trinajstić information content (AvgIpc) is 3.30. The second kappa shape index (κ2) is 8.89. The van der Waals surface area contributed by atoms with E-state index >= 15 is 0 Å². The van der Waals surface area contributed by atoms with Gasteiger partial charge in [0.2, 0.25) is 0 Å². The third-order valence-corrected chi connectivity index (χ3v) is 6.75. The molecule has 1 saturated heterocycles. The molecule has 3 aromatic rings. The maximum atomic E-state index is 13.1. The number of rotatable bonds is 4. The van der Waals surface area contributed by atoms with E-state index in [2.05, 4.69) is 52.1 Å². The number of likely N-dealkylation sites (tertiary alicyclic amines) is 1. The molecule has 1 fully saturated rings. The third-order valence-electron chi connectivity index (χ3n) is 6.75. The molecule has 2 aliphatic rings. The van der Waals surface area contributed by atoms with Gasteiger partial charge in [-0.25, -0.2) is 19.9 Å². The van der Waals surface area contributed by atoms with Crippen molar-refractivity contribution in [3.8, 4) is 0 Å². The fraction of sp³-hybridized carbons (Fsp3) is 0.423. The Balaban J connectivity index is 1.37. The lowest BCUT2D eigenvalue weighted by Crippen LogP contribution is -2.32. The first-order valence-corrected chi connectivity index (χ1v) is 11.8. The van der Waals surface area contributed by atoms with Crippen molar-refractivity contribution in [1.82, 2.24) is 24.8 Å². The number of hydrogen-bond acceptors (Lipinski definition) is 6. The maximum absolute atomic E-state index is 13.1. The Morgan fingerprint density at radius 2 is 1.85 bits per heavy atom. The monoisotopic (exact) mass is 442 g/mol. The number of nitrogens with zero attached hydrogens (tertiary/aromatic N) is 6. The van der Waals surface area contributed by atoms with Gasteiger partial charge in [-0.2, -0.15) is 0 Å². The van der Waals surface area contributed by atoms with E-state index in [0.29, 0.717) is 24.5 Å². The van der Waals surface area contributed by atoms with Gasteiger partial charge >= 0.3 is 0 Å². The molecule has 0 N–H and O–H groups in total. The van der Waals surface area contributed by atoms with Crippen LogP contribution in [-0.2, 0) is 13.0 Å². The van der Waals surface area contributed by atoms with E-state index in [1.54, 1.807) is 6.20 Å². The van der Waals surface area contributed by atoms with Gasteiger partial charge in [-0.3, -0.25) is 4.79 Å². The zero-order chi connectivity index (χ0) is 22.9. The second-order valence-electron chi connectivity index (χ2n) is 9.13. The normalized spacial score (nSPS) is 17.8. The summed E-state index contributed by atoms with van der Waals surface area (Å²) in [6.07, 6.45) is 4.66. The molecule has 7 nitrogen and oxygen atoms in total. The number of carbonyl (C=O) groups excluding carboxylic acids is 1. The van der Waals surface area contributed by atoms with Crippen LogP contribution in [-0.4, -0.2) is 50.4 Å². The Labute approximate surface area is 194 Å². The van der Waals surface area contributed by atoms with Crippen molar-refractivity contribution < 1.29 is 4.79 Å². The molecule has 1 amide bonds. The van der Waals surface area contributed by atoms with Gasteiger partial charge in [0.05, 0.1) is 11.3 Å². The molecule has 1 atom stereocenters. The molecule has 2 aromatic heterocycles. The standard InChI is InChI=1S/C26H30N6O/c1-17-22-10-7-12-31(15-20-8-5-4-6-9-20)25(22)30-24(29-17)21-11-13-32(16-21)26(33)23-14-27-19(3)28-18(23)2/h4-6,8-9,14,21H,7,10-13,15-16H2,1-3H3/t21-/m0/s1. The fourth-order valence-electron chi connectivity index (χ4n) is 4.97. The van der Waals surface area contributed by atoms with Crippen LogP contribution in [0, 0.1) is 20.8 Å². The predicted octanol–water partition coefficient (Wildman–Crippen LogP) is 3.77. The van der Waals surface area contributed by atoms with Crippen LogP contribution in [0.2, 0.25) is 0 Å². The first-order valence-electron chi connectivity index (χ1n) is 11.8. The number of benzene rings is 1. The van der Waals surface area contributed by atoms with Crippen LogP contribution in [0.4, 0.5) is 5.82 Å². The lowest BCUT2D eigenvalue weighted by Gasteiger charge is -2.31. The van der Waals surface area contributed by atoms with Crippen LogP contribution in [0.3, 0.4) is 0 Å². The van der Waals surface area contributed by atoms with Crippen molar-refractivity contribution in [3.05, 3.63) is 76.3 Å². The smallest absolute Gasteiger partial charge is 0.257 e. The highest BCUT2D eigenvalue weighted by Crippen LogP contribution is 2.33. The van der Waals surface area contributed by atoms with Gasteiger partial charge in [0.25, 0.3) is 5.91 Å². The van der Waals surface area contributed by atoms with E-state index in [0.717, 1.165) is 55.4 Å². The van der Waals surface area contributed by atoms with Gasteiger partial charge in [0, 0.05) is 49.6 Å². The van der Waals surface area contributed by atoms with E-state index in [4.69, 9.17) is 9.97 Å². The highest BCUT2D eigenvalue weighted by molar-refractivity contribution is 5.95. The summed E-state index contributed by atoms with van der Waals surface area (Å²) in [7, 11) is 0. The molecule has 33 heavy (non-hydrogen) atoms. The van der Waals surface area contributed by atoms with Gasteiger partial charge < -0.3 is 9.80 Å². The highest BCUT2D eigenvalue weighted by Gasteiger charge is 2.32. The number of hydrogen-bond donors (Lipinski definition) is 0. The minimum atomic E-state index is -0.00427. The van der Waals surface area contributed by atoms with E-state index in [1.165, 1.54) is 11.1 Å². The van der Waals surface area contributed by atoms with Gasteiger partial charge in [-0.15, -0.1) is 0 Å². The molecule has 170 valence electrons. The summed E-state index contributed by atoms with van der Waals surface area (Å²) in [5, 5.41) is 0. The van der Waals surface area contributed by atoms with E-state index in [1.807, 2.05) is 18.7 Å². The number of amides is 1. The van der Waals surface area contributed by atoms with Crippen molar-refractivity contribution in [2.45, 2.75) is 52.5 Å². The van der Waals surface area contributed by atoms with Crippen molar-refractivity contribution in [2.75, 3.05) is 24.5 Å². The zero-order valence-electron chi connectivity index (χ0n) is 19.6. The number of anilines is 1. The van der Waals surface area contributed by atoms with E-state index < -0.39 is 0 Å². The summed E-state index contributed by atoms with van der Waals surface area (Å²) in [5.41, 5.74) is 4.93. The Morgan fingerprint density at radius 1 is 1.03 bits per heavy atom. The van der Waals surface area contributed by atoms with E-state index in [9.17, 15) is 4.79 Å². The number of carbonyl (C=O) groups is 1. The first-order chi connectivity index (χ1) is 16.0. The molecule has 5 rings (SSSR count). The summed E-state index contributed by atoms with van der Waals surface area (Å²) < 4.78 is 0. The SMILES string of the molecule is Cc1ncc(C(=O)N2CC[C@H](c3nc(C)c4c(n3)N(Cc3ccccc3)CCC4)C2)c(C)n1. The van der Waals surface area contributed by atoms with Crippen LogP contribution in [0.25, 0.3) is 0 Å². The largest absolute Gasteiger partial charge is 0.352 e. The number of aromatic nitrogens is 4. The zero-order valence-corrected chi connectivity index (χ0v) is 19.6. The molecule has 0 spiro atoms. The van der Waals surface area contributed by atoms with Crippen molar-refractivity contribution in [2.24, 2.45) is 0 Å². The van der Waals surface area contributed by atoms with Crippen LogP contribution in [0.1, 0.15) is 63.3 Å². The van der Waals surface area contributed by atoms with E-state index in [-0.39, 0.29) is 11.8 Å². The minimum Gasteiger partial charge on any atom is -0.352 e. The van der Waals surface area contributed by atoms with Gasteiger partial charge in [-0.05, 0) is 45.6 Å². The van der Waals surface area contributed by atoms with Gasteiger partial charge in [0.15, 0.2) is 0 Å². The summed E-state index contributed by atoms with van der Waals surface area (Å²) in [5.74, 6) is 2.75. The Bertz CT molecular complexity index is 1180. The van der Waals surface area contributed by atoms with Crippen LogP contribution in [0.5, 0.6) is 0 Å². The third kappa shape index (κ3) is 4.32. The van der Waals surface area contributed by atoms with Gasteiger partial charge in [0.1, 0.15) is 17.5 Å². The summed E-state index contributed by atoms with van der Waals surface area (Å²) in [4.78, 5) is 36.0. The molecule has 4 heterocycles. The summed E-state index contributed by atoms with van der Waals surface area (Å²) >= 11 is 0. The lowest BCUT2D eigenvalue weighted by molar-refractivity contribution is 0.0789. The molecular formula is C26H30N6O. The van der Waals surface area contributed by atoms with Crippen LogP contribution >= 0.6 is 0 Å². The molecule has 7 heteroatoms. The molecule has 0 bridgehead atoms. The van der Waals surface area contributed by atoms with Gasteiger partial charge in [-0.1, -0.05) is 30.3 Å². The molecule has 0 unspecified atom stereocenters. The number of fused-ring (bicyclic) bond motifs is 1. The lowest BCUT2D eigenvalue weighted by atomic mass is 10.0. The van der Waals surface area contributed by atoms with Crippen LogP contribution < -0.4 is 4.90 Å². The molecule has 0 saturated carbocycles.